The Labute approximate surface area is 83.0 Å². The Bertz CT molecular complexity index is 178. The van der Waals surface area contributed by atoms with Crippen LogP contribution in [0.25, 0.3) is 0 Å². The number of aliphatic carboxylic acids is 1. The van der Waals surface area contributed by atoms with Crippen LogP contribution in [0.1, 0.15) is 26.2 Å². The molecule has 5 nitrogen and oxygen atoms in total. The van der Waals surface area contributed by atoms with Gasteiger partial charge in [0.15, 0.2) is 0 Å². The summed E-state index contributed by atoms with van der Waals surface area (Å²) < 4.78 is 9.69. The van der Waals surface area contributed by atoms with Crippen molar-refractivity contribution in [3.05, 3.63) is 0 Å². The number of carbonyl (C=O) groups excluding carboxylic acids is 1. The van der Waals surface area contributed by atoms with Crippen molar-refractivity contribution in [2.75, 3.05) is 19.8 Å². The Morgan fingerprint density at radius 2 is 1.86 bits per heavy atom. The molecule has 0 aromatic rings. The summed E-state index contributed by atoms with van der Waals surface area (Å²) in [6, 6.07) is 0. The van der Waals surface area contributed by atoms with E-state index in [4.69, 9.17) is 14.6 Å². The molecule has 14 heavy (non-hydrogen) atoms. The number of hydrogen-bond acceptors (Lipinski definition) is 4. The normalized spacial score (nSPS) is 9.79. The van der Waals surface area contributed by atoms with E-state index in [1.165, 1.54) is 0 Å². The number of hydrogen-bond donors (Lipinski definition) is 1. The minimum Gasteiger partial charge on any atom is -0.481 e. The summed E-state index contributed by atoms with van der Waals surface area (Å²) in [6.07, 6.45) is 1.15. The monoisotopic (exact) mass is 204 g/mol. The standard InChI is InChI=1S/C9H16O5/c1-2-3-9(12)14-7-6-13-5-4-8(10)11/h2-7H2,1H3,(H,10,11). The highest BCUT2D eigenvalue weighted by atomic mass is 16.6. The molecule has 0 aliphatic carbocycles. The molecule has 0 amide bonds. The lowest BCUT2D eigenvalue weighted by Crippen LogP contribution is -2.11. The molecule has 0 aromatic carbocycles. The molecule has 0 spiro atoms. The zero-order valence-electron chi connectivity index (χ0n) is 8.32. The van der Waals surface area contributed by atoms with Crippen molar-refractivity contribution in [1.82, 2.24) is 0 Å². The third-order valence-electron chi connectivity index (χ3n) is 1.41. The molecule has 0 aliphatic heterocycles. The molecule has 0 saturated heterocycles. The molecule has 0 heterocycles. The maximum atomic E-state index is 10.8. The van der Waals surface area contributed by atoms with Crippen LogP contribution < -0.4 is 0 Å². The molecule has 1 N–H and O–H groups in total. The molecule has 0 bridgehead atoms. The SMILES string of the molecule is CCCC(=O)OCCOCCC(=O)O. The zero-order chi connectivity index (χ0) is 10.8. The summed E-state index contributed by atoms with van der Waals surface area (Å²) in [4.78, 5) is 20.9. The van der Waals surface area contributed by atoms with Crippen LogP contribution in [0.2, 0.25) is 0 Å². The van der Waals surface area contributed by atoms with Gasteiger partial charge in [-0.2, -0.15) is 0 Å². The maximum absolute atomic E-state index is 10.8. The summed E-state index contributed by atoms with van der Waals surface area (Å²) in [5, 5.41) is 8.26. The zero-order valence-corrected chi connectivity index (χ0v) is 8.32. The lowest BCUT2D eigenvalue weighted by atomic mass is 10.3. The Hall–Kier alpha value is -1.10. The van der Waals surface area contributed by atoms with Crippen LogP contribution in [0, 0.1) is 0 Å². The summed E-state index contributed by atoms with van der Waals surface area (Å²) >= 11 is 0. The molecule has 5 heteroatoms. The van der Waals surface area contributed by atoms with Gasteiger partial charge in [-0.3, -0.25) is 9.59 Å². The fraction of sp³-hybridized carbons (Fsp3) is 0.778. The second kappa shape index (κ2) is 8.50. The van der Waals surface area contributed by atoms with E-state index in [0.717, 1.165) is 6.42 Å². The molecule has 82 valence electrons. The lowest BCUT2D eigenvalue weighted by Gasteiger charge is -2.04. The van der Waals surface area contributed by atoms with E-state index < -0.39 is 5.97 Å². The Kier molecular flexibility index (Phi) is 7.83. The number of carboxylic acid groups (broad SMARTS) is 1. The van der Waals surface area contributed by atoms with Crippen LogP contribution >= 0.6 is 0 Å². The van der Waals surface area contributed by atoms with Gasteiger partial charge < -0.3 is 14.6 Å². The van der Waals surface area contributed by atoms with Gasteiger partial charge in [0.25, 0.3) is 0 Å². The number of rotatable bonds is 8. The molecular formula is C9H16O5. The molecule has 0 rings (SSSR count). The third kappa shape index (κ3) is 8.99. The van der Waals surface area contributed by atoms with E-state index in [2.05, 4.69) is 0 Å². The summed E-state index contributed by atoms with van der Waals surface area (Å²) in [6.45, 7) is 2.49. The van der Waals surface area contributed by atoms with E-state index in [-0.39, 0.29) is 32.2 Å². The molecule has 0 aromatic heterocycles. The number of carbonyl (C=O) groups is 2. The summed E-state index contributed by atoms with van der Waals surface area (Å²) in [7, 11) is 0. The van der Waals surface area contributed by atoms with Gasteiger partial charge >= 0.3 is 11.9 Å². The topological polar surface area (TPSA) is 72.8 Å². The van der Waals surface area contributed by atoms with Gasteiger partial charge in [0, 0.05) is 6.42 Å². The molecular weight excluding hydrogens is 188 g/mol. The van der Waals surface area contributed by atoms with Crippen LogP contribution in [0.4, 0.5) is 0 Å². The molecule has 0 aliphatic rings. The van der Waals surface area contributed by atoms with Gasteiger partial charge in [-0.15, -0.1) is 0 Å². The molecule has 0 fully saturated rings. The first-order valence-electron chi connectivity index (χ1n) is 4.62. The summed E-state index contributed by atoms with van der Waals surface area (Å²) in [5.74, 6) is -1.14. The van der Waals surface area contributed by atoms with Crippen molar-refractivity contribution in [2.24, 2.45) is 0 Å². The Morgan fingerprint density at radius 1 is 1.14 bits per heavy atom. The smallest absolute Gasteiger partial charge is 0.305 e. The van der Waals surface area contributed by atoms with Crippen molar-refractivity contribution in [2.45, 2.75) is 26.2 Å². The number of ether oxygens (including phenoxy) is 2. The minimum atomic E-state index is -0.895. The molecule has 0 atom stereocenters. The Balaban J connectivity index is 3.13. The molecule has 0 saturated carbocycles. The van der Waals surface area contributed by atoms with Crippen molar-refractivity contribution in [3.63, 3.8) is 0 Å². The third-order valence-corrected chi connectivity index (χ3v) is 1.41. The van der Waals surface area contributed by atoms with Gasteiger partial charge in [0.2, 0.25) is 0 Å². The minimum absolute atomic E-state index is 0.0249. The second-order valence-electron chi connectivity index (χ2n) is 2.73. The van der Waals surface area contributed by atoms with Crippen molar-refractivity contribution in [3.8, 4) is 0 Å². The first-order valence-corrected chi connectivity index (χ1v) is 4.62. The van der Waals surface area contributed by atoms with E-state index >= 15 is 0 Å². The largest absolute Gasteiger partial charge is 0.481 e. The average Bonchev–Trinajstić information content (AvgIpc) is 2.11. The van der Waals surface area contributed by atoms with Gasteiger partial charge in [-0.25, -0.2) is 0 Å². The lowest BCUT2D eigenvalue weighted by molar-refractivity contribution is -0.146. The highest BCUT2D eigenvalue weighted by Gasteiger charge is 2.00. The van der Waals surface area contributed by atoms with Gasteiger partial charge in [-0.05, 0) is 6.42 Å². The fourth-order valence-electron chi connectivity index (χ4n) is 0.752. The van der Waals surface area contributed by atoms with Crippen LogP contribution in [0.3, 0.4) is 0 Å². The molecule has 0 radical (unpaired) electrons. The number of carboxylic acids is 1. The van der Waals surface area contributed by atoms with E-state index in [1.807, 2.05) is 6.92 Å². The van der Waals surface area contributed by atoms with Crippen LogP contribution in [-0.4, -0.2) is 36.9 Å². The van der Waals surface area contributed by atoms with E-state index in [1.54, 1.807) is 0 Å². The van der Waals surface area contributed by atoms with Crippen molar-refractivity contribution in [1.29, 1.82) is 0 Å². The van der Waals surface area contributed by atoms with Crippen LogP contribution in [0.15, 0.2) is 0 Å². The number of esters is 1. The molecule has 0 unspecified atom stereocenters. The van der Waals surface area contributed by atoms with Gasteiger partial charge in [0.05, 0.1) is 19.6 Å². The highest BCUT2D eigenvalue weighted by molar-refractivity contribution is 5.69. The van der Waals surface area contributed by atoms with E-state index in [0.29, 0.717) is 6.42 Å². The van der Waals surface area contributed by atoms with E-state index in [9.17, 15) is 9.59 Å². The quantitative estimate of drug-likeness (QED) is 0.468. The fourth-order valence-corrected chi connectivity index (χ4v) is 0.752. The maximum Gasteiger partial charge on any atom is 0.305 e. The first kappa shape index (κ1) is 12.9. The second-order valence-corrected chi connectivity index (χ2v) is 2.73. The predicted molar refractivity (Wildman–Crippen MR) is 48.9 cm³/mol. The van der Waals surface area contributed by atoms with Crippen LogP contribution in [0.5, 0.6) is 0 Å². The Morgan fingerprint density at radius 3 is 2.43 bits per heavy atom. The van der Waals surface area contributed by atoms with Gasteiger partial charge in [-0.1, -0.05) is 6.92 Å². The van der Waals surface area contributed by atoms with Crippen molar-refractivity contribution >= 4 is 11.9 Å². The predicted octanol–water partition coefficient (Wildman–Crippen LogP) is 0.821. The summed E-state index contributed by atoms with van der Waals surface area (Å²) in [5.41, 5.74) is 0. The highest BCUT2D eigenvalue weighted by Crippen LogP contribution is 1.91. The first-order chi connectivity index (χ1) is 6.66. The average molecular weight is 204 g/mol. The van der Waals surface area contributed by atoms with Crippen molar-refractivity contribution < 1.29 is 24.2 Å². The van der Waals surface area contributed by atoms with Gasteiger partial charge in [0.1, 0.15) is 6.61 Å². The van der Waals surface area contributed by atoms with Crippen LogP contribution in [-0.2, 0) is 19.1 Å².